The van der Waals surface area contributed by atoms with Crippen LogP contribution in [-0.2, 0) is 14.6 Å². The Labute approximate surface area is 99.1 Å². The quantitative estimate of drug-likeness (QED) is 0.759. The van der Waals surface area contributed by atoms with Gasteiger partial charge in [0.25, 0.3) is 0 Å². The molecule has 1 heterocycles. The van der Waals surface area contributed by atoms with E-state index in [9.17, 15) is 13.2 Å². The zero-order chi connectivity index (χ0) is 12.4. The molecule has 0 saturated carbocycles. The highest BCUT2D eigenvalue weighted by molar-refractivity contribution is 7.91. The fraction of sp³-hybridized carbons (Fsp3) is 1.00. The molecular weight excluding hydrogens is 244 g/mol. The predicted molar refractivity (Wildman–Crippen MR) is 66.8 cm³/mol. The Bertz CT molecular complexity index is 320. The molecule has 1 N–H and O–H groups in total. The minimum atomic E-state index is -2.84. The van der Waals surface area contributed by atoms with Crippen molar-refractivity contribution < 1.29 is 18.0 Å². The van der Waals surface area contributed by atoms with Gasteiger partial charge in [-0.05, 0) is 31.5 Å². The summed E-state index contributed by atoms with van der Waals surface area (Å²) in [6.45, 7) is 6.41. The van der Waals surface area contributed by atoms with Gasteiger partial charge < -0.3 is 9.53 Å². The van der Waals surface area contributed by atoms with E-state index in [-0.39, 0.29) is 23.2 Å². The first-order valence-corrected chi connectivity index (χ1v) is 10.6. The summed E-state index contributed by atoms with van der Waals surface area (Å²) >= 11 is 0. The van der Waals surface area contributed by atoms with E-state index in [1.54, 1.807) is 0 Å². The maximum Gasteiger partial charge on any atom is 0.185 e. The van der Waals surface area contributed by atoms with E-state index in [1.807, 2.05) is 20.0 Å². The third-order valence-electron chi connectivity index (χ3n) is 3.30. The lowest BCUT2D eigenvalue weighted by Gasteiger charge is -2.23. The molecule has 1 saturated heterocycles. The fourth-order valence-electron chi connectivity index (χ4n) is 1.66. The summed E-state index contributed by atoms with van der Waals surface area (Å²) in [5.41, 5.74) is 0.283. The highest BCUT2D eigenvalue weighted by Gasteiger charge is 2.29. The van der Waals surface area contributed by atoms with Gasteiger partial charge in [-0.25, -0.2) is 8.42 Å². The van der Waals surface area contributed by atoms with Crippen LogP contribution in [0, 0.1) is 0 Å². The molecule has 16 heavy (non-hydrogen) atoms. The maximum atomic E-state index is 11.2. The van der Waals surface area contributed by atoms with Crippen LogP contribution in [0.15, 0.2) is 0 Å². The normalized spacial score (nSPS) is 26.9. The number of ether oxygens (including phenoxy) is 1. The van der Waals surface area contributed by atoms with Gasteiger partial charge in [-0.1, -0.05) is 6.92 Å². The summed E-state index contributed by atoms with van der Waals surface area (Å²) in [6, 6.07) is 0. The van der Waals surface area contributed by atoms with Gasteiger partial charge >= 0.3 is 0 Å². The summed E-state index contributed by atoms with van der Waals surface area (Å²) in [7, 11) is -4.90. The van der Waals surface area contributed by atoms with E-state index < -0.39 is 18.2 Å². The van der Waals surface area contributed by atoms with Gasteiger partial charge in [0.2, 0.25) is 0 Å². The molecule has 2 atom stereocenters. The molecule has 1 aliphatic rings. The van der Waals surface area contributed by atoms with Crippen molar-refractivity contribution in [2.75, 3.05) is 18.1 Å². The number of sulfone groups is 1. The van der Waals surface area contributed by atoms with Crippen molar-refractivity contribution >= 4 is 18.2 Å². The highest BCUT2D eigenvalue weighted by Crippen LogP contribution is 2.23. The number of rotatable bonds is 5. The first kappa shape index (κ1) is 14.1. The second-order valence-electron chi connectivity index (χ2n) is 5.24. The summed E-state index contributed by atoms with van der Waals surface area (Å²) in [4.78, 5) is 9.85. The molecule has 1 rings (SSSR count). The molecule has 0 spiro atoms. The van der Waals surface area contributed by atoms with E-state index in [2.05, 4.69) is 0 Å². The minimum Gasteiger partial charge on any atom is -0.432 e. The van der Waals surface area contributed by atoms with Gasteiger partial charge in [0.05, 0.1) is 17.6 Å². The Morgan fingerprint density at radius 2 is 2.12 bits per heavy atom. The Morgan fingerprint density at radius 1 is 1.50 bits per heavy atom. The van der Waals surface area contributed by atoms with Gasteiger partial charge in [-0.15, -0.1) is 0 Å². The zero-order valence-corrected chi connectivity index (χ0v) is 12.1. The molecule has 2 unspecified atom stereocenters. The molecule has 0 aromatic heterocycles. The van der Waals surface area contributed by atoms with E-state index in [4.69, 9.17) is 4.74 Å². The van der Waals surface area contributed by atoms with Crippen molar-refractivity contribution in [1.29, 1.82) is 0 Å². The lowest BCUT2D eigenvalue weighted by atomic mass is 10.3. The van der Waals surface area contributed by atoms with Crippen LogP contribution in [0.2, 0.25) is 18.6 Å². The van der Waals surface area contributed by atoms with E-state index in [0.29, 0.717) is 13.0 Å². The van der Waals surface area contributed by atoms with Crippen molar-refractivity contribution in [1.82, 2.24) is 0 Å². The average molecular weight is 266 g/mol. The summed E-state index contributed by atoms with van der Waals surface area (Å²) in [5, 5.41) is 0. The predicted octanol–water partition coefficient (Wildman–Crippen LogP) is 1.17. The van der Waals surface area contributed by atoms with Crippen molar-refractivity contribution in [3.63, 3.8) is 0 Å². The molecule has 0 aromatic rings. The van der Waals surface area contributed by atoms with Gasteiger partial charge in [0, 0.05) is 6.61 Å². The van der Waals surface area contributed by atoms with Crippen LogP contribution in [0.1, 0.15) is 19.8 Å². The second-order valence-corrected chi connectivity index (χ2v) is 11.8. The molecule has 0 aromatic carbocycles. The third-order valence-corrected chi connectivity index (χ3v) is 7.74. The molecule has 96 valence electrons. The lowest BCUT2D eigenvalue weighted by molar-refractivity contribution is 0.0682. The Kier molecular flexibility index (Phi) is 4.56. The molecule has 0 amide bonds. The van der Waals surface area contributed by atoms with Crippen molar-refractivity contribution in [2.24, 2.45) is 0 Å². The zero-order valence-electron chi connectivity index (χ0n) is 10.3. The van der Waals surface area contributed by atoms with Crippen LogP contribution in [0.5, 0.6) is 0 Å². The van der Waals surface area contributed by atoms with Crippen LogP contribution in [0.25, 0.3) is 0 Å². The third kappa shape index (κ3) is 4.53. The smallest absolute Gasteiger partial charge is 0.185 e. The van der Waals surface area contributed by atoms with Crippen LogP contribution in [-0.4, -0.2) is 45.7 Å². The number of hydrogen-bond donors (Lipinski definition) is 1. The highest BCUT2D eigenvalue weighted by atomic mass is 32.2. The molecule has 6 heteroatoms. The fourth-order valence-corrected chi connectivity index (χ4v) is 4.10. The first-order valence-electron chi connectivity index (χ1n) is 5.75. The van der Waals surface area contributed by atoms with E-state index in [1.165, 1.54) is 0 Å². The van der Waals surface area contributed by atoms with Gasteiger partial charge in [0.1, 0.15) is 0 Å². The summed E-state index contributed by atoms with van der Waals surface area (Å²) in [5.74, 6) is 0.425. The minimum absolute atomic E-state index is 0.124. The maximum absolute atomic E-state index is 11.2. The molecular formula is C10H22O4SSi. The first-order chi connectivity index (χ1) is 7.21. The second kappa shape index (κ2) is 5.16. The van der Waals surface area contributed by atoms with E-state index in [0.717, 1.165) is 6.42 Å². The van der Waals surface area contributed by atoms with Crippen LogP contribution < -0.4 is 0 Å². The average Bonchev–Trinajstić information content (AvgIpc) is 2.44. The molecule has 0 bridgehead atoms. The van der Waals surface area contributed by atoms with Crippen LogP contribution in [0.4, 0.5) is 0 Å². The Balaban J connectivity index is 2.22. The molecule has 1 aliphatic heterocycles. The summed E-state index contributed by atoms with van der Waals surface area (Å²) in [6.07, 6.45) is 1.31. The molecule has 4 nitrogen and oxygen atoms in total. The standard InChI is InChI=1S/C10H22O4SSi/c1-9(16(2,3)13)4-6-14-10-5-7-15(11,12)8-10/h9-10,13H,4-8H2,1-3H3. The monoisotopic (exact) mass is 266 g/mol. The van der Waals surface area contributed by atoms with Gasteiger partial charge in [0.15, 0.2) is 18.2 Å². The van der Waals surface area contributed by atoms with Crippen LogP contribution in [0.3, 0.4) is 0 Å². The number of hydrogen-bond acceptors (Lipinski definition) is 4. The molecule has 0 radical (unpaired) electrons. The van der Waals surface area contributed by atoms with Gasteiger partial charge in [-0.2, -0.15) is 0 Å². The topological polar surface area (TPSA) is 63.6 Å². The van der Waals surface area contributed by atoms with E-state index >= 15 is 0 Å². The van der Waals surface area contributed by atoms with Crippen molar-refractivity contribution in [3.05, 3.63) is 0 Å². The SMILES string of the molecule is CC(CCOC1CCS(=O)(=O)C1)[Si](C)(C)O. The molecule has 1 fully saturated rings. The largest absolute Gasteiger partial charge is 0.432 e. The molecule has 0 aliphatic carbocycles. The van der Waals surface area contributed by atoms with Gasteiger partial charge in [-0.3, -0.25) is 0 Å². The Hall–Kier alpha value is 0.0869. The lowest BCUT2D eigenvalue weighted by Crippen LogP contribution is -2.31. The van der Waals surface area contributed by atoms with Crippen molar-refractivity contribution in [3.8, 4) is 0 Å². The van der Waals surface area contributed by atoms with Crippen molar-refractivity contribution in [2.45, 2.75) is 44.5 Å². The summed E-state index contributed by atoms with van der Waals surface area (Å²) < 4.78 is 27.9. The Morgan fingerprint density at radius 3 is 2.56 bits per heavy atom. The van der Waals surface area contributed by atoms with Crippen LogP contribution >= 0.6 is 0 Å².